The van der Waals surface area contributed by atoms with Crippen LogP contribution in [-0.4, -0.2) is 35.7 Å². The van der Waals surface area contributed by atoms with Crippen LogP contribution in [0.5, 0.6) is 0 Å². The Morgan fingerprint density at radius 3 is 2.47 bits per heavy atom. The monoisotopic (exact) mass is 233 g/mol. The van der Waals surface area contributed by atoms with Crippen molar-refractivity contribution in [1.29, 1.82) is 0 Å². The topological polar surface area (TPSA) is 23.5 Å². The van der Waals surface area contributed by atoms with Gasteiger partial charge in [0.15, 0.2) is 0 Å². The van der Waals surface area contributed by atoms with Gasteiger partial charge >= 0.3 is 0 Å². The maximum Gasteiger partial charge on any atom is 0.0590 e. The van der Waals surface area contributed by atoms with Crippen LogP contribution in [0.2, 0.25) is 0 Å². The van der Waals surface area contributed by atoms with Crippen molar-refractivity contribution in [3.63, 3.8) is 0 Å². The van der Waals surface area contributed by atoms with Crippen LogP contribution in [0.15, 0.2) is 30.3 Å². The van der Waals surface area contributed by atoms with Crippen molar-refractivity contribution < 1.29 is 5.11 Å². The highest BCUT2D eigenvalue weighted by Crippen LogP contribution is 2.19. The second kappa shape index (κ2) is 6.18. The first-order valence-electron chi connectivity index (χ1n) is 6.68. The van der Waals surface area contributed by atoms with E-state index in [9.17, 15) is 5.11 Å². The van der Waals surface area contributed by atoms with Crippen LogP contribution in [0, 0.1) is 5.92 Å². The van der Waals surface area contributed by atoms with Crippen LogP contribution in [0.4, 0.5) is 0 Å². The molecule has 1 unspecified atom stereocenters. The SMILES string of the molecule is CC1CCN(C(CO)Cc2ccccc2)CC1. The summed E-state index contributed by atoms with van der Waals surface area (Å²) in [7, 11) is 0. The second-order valence-corrected chi connectivity index (χ2v) is 5.24. The van der Waals surface area contributed by atoms with Crippen LogP contribution in [0.1, 0.15) is 25.3 Å². The fourth-order valence-electron chi connectivity index (χ4n) is 2.59. The van der Waals surface area contributed by atoms with Crippen LogP contribution < -0.4 is 0 Å². The summed E-state index contributed by atoms with van der Waals surface area (Å²) in [5.74, 6) is 0.849. The third kappa shape index (κ3) is 3.55. The quantitative estimate of drug-likeness (QED) is 0.862. The minimum absolute atomic E-state index is 0.267. The van der Waals surface area contributed by atoms with E-state index in [1.165, 1.54) is 18.4 Å². The molecule has 94 valence electrons. The Hall–Kier alpha value is -0.860. The van der Waals surface area contributed by atoms with E-state index in [-0.39, 0.29) is 6.61 Å². The first-order valence-corrected chi connectivity index (χ1v) is 6.68. The van der Waals surface area contributed by atoms with Gasteiger partial charge in [-0.25, -0.2) is 0 Å². The lowest BCUT2D eigenvalue weighted by atomic mass is 9.96. The van der Waals surface area contributed by atoms with Crippen LogP contribution in [0.3, 0.4) is 0 Å². The summed E-state index contributed by atoms with van der Waals surface area (Å²) in [6, 6.07) is 10.8. The van der Waals surface area contributed by atoms with E-state index < -0.39 is 0 Å². The van der Waals surface area contributed by atoms with E-state index in [0.29, 0.717) is 6.04 Å². The maximum absolute atomic E-state index is 9.56. The molecule has 1 heterocycles. The molecule has 0 amide bonds. The number of hydrogen-bond acceptors (Lipinski definition) is 2. The average Bonchev–Trinajstić information content (AvgIpc) is 2.38. The molecular formula is C15H23NO. The molecule has 1 saturated heterocycles. The molecule has 0 aromatic heterocycles. The Labute approximate surface area is 104 Å². The van der Waals surface area contributed by atoms with E-state index in [4.69, 9.17) is 0 Å². The fourth-order valence-corrected chi connectivity index (χ4v) is 2.59. The minimum Gasteiger partial charge on any atom is -0.395 e. The van der Waals surface area contributed by atoms with Gasteiger partial charge in [-0.3, -0.25) is 4.90 Å². The highest BCUT2D eigenvalue weighted by Gasteiger charge is 2.22. The molecule has 1 N–H and O–H groups in total. The van der Waals surface area contributed by atoms with Gasteiger partial charge in [0.2, 0.25) is 0 Å². The lowest BCUT2D eigenvalue weighted by Gasteiger charge is -2.36. The van der Waals surface area contributed by atoms with Crippen LogP contribution in [0.25, 0.3) is 0 Å². The molecule has 17 heavy (non-hydrogen) atoms. The molecule has 0 radical (unpaired) electrons. The van der Waals surface area contributed by atoms with Gasteiger partial charge in [-0.2, -0.15) is 0 Å². The smallest absolute Gasteiger partial charge is 0.0590 e. The molecule has 1 aromatic rings. The summed E-state index contributed by atoms with van der Waals surface area (Å²) in [6.07, 6.45) is 3.50. The van der Waals surface area contributed by atoms with Crippen LogP contribution in [-0.2, 0) is 6.42 Å². The molecule has 1 aromatic carbocycles. The number of likely N-dealkylation sites (tertiary alicyclic amines) is 1. The molecule has 1 atom stereocenters. The summed E-state index contributed by atoms with van der Waals surface area (Å²) >= 11 is 0. The molecular weight excluding hydrogens is 210 g/mol. The van der Waals surface area contributed by atoms with Crippen molar-refractivity contribution in [1.82, 2.24) is 4.90 Å². The Kier molecular flexibility index (Phi) is 4.57. The van der Waals surface area contributed by atoms with Gasteiger partial charge < -0.3 is 5.11 Å². The zero-order valence-corrected chi connectivity index (χ0v) is 10.7. The number of hydrogen-bond donors (Lipinski definition) is 1. The number of benzene rings is 1. The number of aliphatic hydroxyl groups excluding tert-OH is 1. The van der Waals surface area contributed by atoms with Gasteiger partial charge in [-0.1, -0.05) is 37.3 Å². The van der Waals surface area contributed by atoms with Crippen molar-refractivity contribution in [2.75, 3.05) is 19.7 Å². The van der Waals surface area contributed by atoms with Crippen LogP contribution >= 0.6 is 0 Å². The number of nitrogens with zero attached hydrogens (tertiary/aromatic N) is 1. The highest BCUT2D eigenvalue weighted by atomic mass is 16.3. The molecule has 0 saturated carbocycles. The molecule has 1 aliphatic heterocycles. The second-order valence-electron chi connectivity index (χ2n) is 5.24. The first kappa shape index (κ1) is 12.6. The highest BCUT2D eigenvalue weighted by molar-refractivity contribution is 5.16. The van der Waals surface area contributed by atoms with Gasteiger partial charge in [0.1, 0.15) is 0 Å². The van der Waals surface area contributed by atoms with Crippen molar-refractivity contribution >= 4 is 0 Å². The fraction of sp³-hybridized carbons (Fsp3) is 0.600. The molecule has 2 rings (SSSR count). The zero-order chi connectivity index (χ0) is 12.1. The Morgan fingerprint density at radius 1 is 1.24 bits per heavy atom. The average molecular weight is 233 g/mol. The maximum atomic E-state index is 9.56. The normalized spacial score (nSPS) is 20.4. The molecule has 1 fully saturated rings. The lowest BCUT2D eigenvalue weighted by molar-refractivity contribution is 0.0897. The van der Waals surface area contributed by atoms with E-state index >= 15 is 0 Å². The molecule has 0 bridgehead atoms. The van der Waals surface area contributed by atoms with Gasteiger partial charge in [0.05, 0.1) is 6.61 Å². The standard InChI is InChI=1S/C15H23NO/c1-13-7-9-16(10-8-13)15(12-17)11-14-5-3-2-4-6-14/h2-6,13,15,17H,7-12H2,1H3. The Bertz CT molecular complexity index is 317. The number of aliphatic hydroxyl groups is 1. The van der Waals surface area contributed by atoms with Gasteiger partial charge in [-0.15, -0.1) is 0 Å². The summed E-state index contributed by atoms with van der Waals surface area (Å²) in [5, 5.41) is 9.56. The molecule has 2 heteroatoms. The molecule has 2 nitrogen and oxygen atoms in total. The largest absolute Gasteiger partial charge is 0.395 e. The van der Waals surface area contributed by atoms with Crippen molar-refractivity contribution in [2.45, 2.75) is 32.2 Å². The predicted molar refractivity (Wildman–Crippen MR) is 71.0 cm³/mol. The molecule has 0 aliphatic carbocycles. The summed E-state index contributed by atoms with van der Waals surface area (Å²) < 4.78 is 0. The van der Waals surface area contributed by atoms with E-state index in [1.54, 1.807) is 0 Å². The van der Waals surface area contributed by atoms with Gasteiger partial charge in [0.25, 0.3) is 0 Å². The Balaban J connectivity index is 1.92. The van der Waals surface area contributed by atoms with E-state index in [2.05, 4.69) is 36.1 Å². The number of rotatable bonds is 4. The summed E-state index contributed by atoms with van der Waals surface area (Å²) in [5.41, 5.74) is 1.32. The van der Waals surface area contributed by atoms with Gasteiger partial charge in [-0.05, 0) is 43.8 Å². The summed E-state index contributed by atoms with van der Waals surface area (Å²) in [6.45, 7) is 4.87. The van der Waals surface area contributed by atoms with Gasteiger partial charge in [0, 0.05) is 6.04 Å². The first-order chi connectivity index (χ1) is 8.29. The zero-order valence-electron chi connectivity index (χ0n) is 10.7. The molecule has 1 aliphatic rings. The minimum atomic E-state index is 0.267. The predicted octanol–water partition coefficient (Wildman–Crippen LogP) is 2.32. The lowest BCUT2D eigenvalue weighted by Crippen LogP contribution is -2.44. The van der Waals surface area contributed by atoms with E-state index in [1.807, 2.05) is 6.07 Å². The van der Waals surface area contributed by atoms with Crippen molar-refractivity contribution in [3.05, 3.63) is 35.9 Å². The Morgan fingerprint density at radius 2 is 1.88 bits per heavy atom. The third-order valence-corrected chi connectivity index (χ3v) is 3.86. The van der Waals surface area contributed by atoms with Crippen molar-refractivity contribution in [3.8, 4) is 0 Å². The summed E-state index contributed by atoms with van der Waals surface area (Å²) in [4.78, 5) is 2.45. The molecule has 0 spiro atoms. The van der Waals surface area contributed by atoms with Crippen molar-refractivity contribution in [2.24, 2.45) is 5.92 Å². The number of piperidine rings is 1. The third-order valence-electron chi connectivity index (χ3n) is 3.86. The van der Waals surface area contributed by atoms with E-state index in [0.717, 1.165) is 25.4 Å².